The van der Waals surface area contributed by atoms with E-state index in [4.69, 9.17) is 13.7 Å². The van der Waals surface area contributed by atoms with E-state index in [0.717, 1.165) is 12.0 Å². The molecule has 26 heavy (non-hydrogen) atoms. The average Bonchev–Trinajstić information content (AvgIpc) is 3.27. The van der Waals surface area contributed by atoms with E-state index in [2.05, 4.69) is 0 Å². The van der Waals surface area contributed by atoms with Crippen LogP contribution in [-0.4, -0.2) is 39.8 Å². The van der Waals surface area contributed by atoms with Gasteiger partial charge < -0.3 is 9.47 Å². The van der Waals surface area contributed by atoms with Crippen LogP contribution in [0.5, 0.6) is 0 Å². The zero-order chi connectivity index (χ0) is 19.4. The van der Waals surface area contributed by atoms with E-state index in [1.165, 1.54) is 0 Å². The highest BCUT2D eigenvalue weighted by molar-refractivity contribution is 7.86. The fourth-order valence-corrected chi connectivity index (χ4v) is 3.41. The van der Waals surface area contributed by atoms with Crippen LogP contribution in [0.25, 0.3) is 0 Å². The Bertz CT molecular complexity index is 703. The molecule has 0 radical (unpaired) electrons. The Labute approximate surface area is 156 Å². The van der Waals surface area contributed by atoms with Gasteiger partial charge in [0.05, 0.1) is 24.5 Å². The average molecular weight is 384 g/mol. The lowest BCUT2D eigenvalue weighted by molar-refractivity contribution is -0.156. The Balaban J connectivity index is 1.62. The monoisotopic (exact) mass is 384 g/mol. The van der Waals surface area contributed by atoms with E-state index in [0.29, 0.717) is 13.2 Å². The van der Waals surface area contributed by atoms with Crippen molar-refractivity contribution in [1.29, 1.82) is 0 Å². The second-order valence-electron chi connectivity index (χ2n) is 7.72. The molecule has 1 fully saturated rings. The largest absolute Gasteiger partial charge is 0.460 e. The topological polar surface area (TPSA) is 78.9 Å². The number of carbonyl (C=O) groups excluding carboxylic acids is 1. The van der Waals surface area contributed by atoms with Gasteiger partial charge in [0.2, 0.25) is 0 Å². The first-order chi connectivity index (χ1) is 12.1. The third-order valence-corrected chi connectivity index (χ3v) is 5.31. The van der Waals surface area contributed by atoms with E-state index in [1.807, 2.05) is 27.7 Å². The van der Waals surface area contributed by atoms with Crippen molar-refractivity contribution in [1.82, 2.24) is 0 Å². The van der Waals surface area contributed by atoms with Gasteiger partial charge in [-0.2, -0.15) is 8.42 Å². The Kier molecular flexibility index (Phi) is 6.82. The van der Waals surface area contributed by atoms with Crippen LogP contribution >= 0.6 is 0 Å². The molecule has 0 heterocycles. The quantitative estimate of drug-likeness (QED) is 0.370. The summed E-state index contributed by atoms with van der Waals surface area (Å²) in [6.07, 6.45) is 1.09. The van der Waals surface area contributed by atoms with E-state index in [9.17, 15) is 13.2 Å². The van der Waals surface area contributed by atoms with Crippen LogP contribution < -0.4 is 0 Å². The van der Waals surface area contributed by atoms with E-state index < -0.39 is 15.7 Å². The molecule has 0 aromatic heterocycles. The van der Waals surface area contributed by atoms with Crippen LogP contribution in [0.4, 0.5) is 0 Å². The lowest BCUT2D eigenvalue weighted by Crippen LogP contribution is -2.24. The van der Waals surface area contributed by atoms with Crippen LogP contribution in [0.2, 0.25) is 0 Å². The molecule has 0 amide bonds. The number of benzene rings is 1. The molecule has 0 aliphatic heterocycles. The SMILES string of the molecule is Cc1ccc(S(=O)(=O)OC[C@H]2C[C@H]2COCCC(=O)OC(C)(C)C)cc1. The van der Waals surface area contributed by atoms with Gasteiger partial charge in [-0.15, -0.1) is 0 Å². The lowest BCUT2D eigenvalue weighted by Gasteiger charge is -2.19. The van der Waals surface area contributed by atoms with Crippen molar-refractivity contribution in [2.45, 2.75) is 51.0 Å². The third-order valence-electron chi connectivity index (χ3n) is 4.02. The van der Waals surface area contributed by atoms with Crippen molar-refractivity contribution in [2.24, 2.45) is 11.8 Å². The van der Waals surface area contributed by atoms with Gasteiger partial charge >= 0.3 is 5.97 Å². The number of hydrogen-bond acceptors (Lipinski definition) is 6. The molecule has 1 saturated carbocycles. The normalized spacial score (nSPS) is 20.0. The predicted molar refractivity (Wildman–Crippen MR) is 97.2 cm³/mol. The molecular weight excluding hydrogens is 356 g/mol. The van der Waals surface area contributed by atoms with Crippen LogP contribution in [-0.2, 0) is 28.6 Å². The summed E-state index contributed by atoms with van der Waals surface area (Å²) in [6, 6.07) is 6.59. The van der Waals surface area contributed by atoms with E-state index in [-0.39, 0.29) is 35.7 Å². The Morgan fingerprint density at radius 2 is 1.73 bits per heavy atom. The van der Waals surface area contributed by atoms with Crippen LogP contribution in [0, 0.1) is 18.8 Å². The minimum atomic E-state index is -3.71. The van der Waals surface area contributed by atoms with Crippen molar-refractivity contribution in [3.8, 4) is 0 Å². The summed E-state index contributed by atoms with van der Waals surface area (Å²) in [5.41, 5.74) is 0.508. The first-order valence-corrected chi connectivity index (χ1v) is 10.2. The van der Waals surface area contributed by atoms with Crippen molar-refractivity contribution in [3.05, 3.63) is 29.8 Å². The summed E-state index contributed by atoms with van der Waals surface area (Å²) in [5, 5.41) is 0. The van der Waals surface area contributed by atoms with Crippen molar-refractivity contribution in [2.75, 3.05) is 19.8 Å². The maximum absolute atomic E-state index is 12.1. The fourth-order valence-electron chi connectivity index (χ4n) is 2.45. The van der Waals surface area contributed by atoms with Gasteiger partial charge in [-0.1, -0.05) is 17.7 Å². The van der Waals surface area contributed by atoms with Gasteiger partial charge in [0.25, 0.3) is 10.1 Å². The molecule has 0 spiro atoms. The molecule has 146 valence electrons. The van der Waals surface area contributed by atoms with Crippen molar-refractivity contribution in [3.63, 3.8) is 0 Å². The molecule has 1 aliphatic rings. The molecule has 1 aliphatic carbocycles. The number of hydrogen-bond donors (Lipinski definition) is 0. The molecule has 2 atom stereocenters. The summed E-state index contributed by atoms with van der Waals surface area (Å²) in [7, 11) is -3.71. The molecule has 1 aromatic carbocycles. The van der Waals surface area contributed by atoms with Crippen LogP contribution in [0.15, 0.2) is 29.2 Å². The van der Waals surface area contributed by atoms with Crippen molar-refractivity contribution >= 4 is 16.1 Å². The van der Waals surface area contributed by atoms with E-state index in [1.54, 1.807) is 24.3 Å². The molecule has 7 heteroatoms. The first kappa shape index (κ1) is 20.9. The Morgan fingerprint density at radius 3 is 2.35 bits per heavy atom. The maximum atomic E-state index is 12.1. The minimum Gasteiger partial charge on any atom is -0.460 e. The summed E-state index contributed by atoms with van der Waals surface area (Å²) in [5.74, 6) is 0.177. The molecule has 0 N–H and O–H groups in total. The number of rotatable bonds is 9. The Hall–Kier alpha value is -1.44. The number of ether oxygens (including phenoxy) is 2. The Morgan fingerprint density at radius 1 is 1.12 bits per heavy atom. The standard InChI is InChI=1S/C19H28O6S/c1-14-5-7-17(8-6-14)26(21,22)24-13-16-11-15(16)12-23-10-9-18(20)25-19(2,3)4/h5-8,15-16H,9-13H2,1-4H3/t15-,16+/m0/s1. The molecule has 2 rings (SSSR count). The highest BCUT2D eigenvalue weighted by Crippen LogP contribution is 2.39. The highest BCUT2D eigenvalue weighted by atomic mass is 32.2. The molecule has 0 saturated heterocycles. The highest BCUT2D eigenvalue weighted by Gasteiger charge is 2.38. The molecule has 1 aromatic rings. The smallest absolute Gasteiger partial charge is 0.308 e. The lowest BCUT2D eigenvalue weighted by atomic mass is 10.2. The van der Waals surface area contributed by atoms with Gasteiger partial charge in [0.15, 0.2) is 0 Å². The predicted octanol–water partition coefficient (Wildman–Crippen LogP) is 3.08. The third kappa shape index (κ3) is 7.05. The summed E-state index contributed by atoms with van der Waals surface area (Å²) in [4.78, 5) is 11.7. The number of aryl methyl sites for hydroxylation is 1. The first-order valence-electron chi connectivity index (χ1n) is 8.82. The van der Waals surface area contributed by atoms with Gasteiger partial charge in [0, 0.05) is 6.61 Å². The van der Waals surface area contributed by atoms with Gasteiger partial charge in [-0.05, 0) is 58.1 Å². The van der Waals surface area contributed by atoms with Crippen molar-refractivity contribution < 1.29 is 26.9 Å². The molecule has 0 bridgehead atoms. The fraction of sp³-hybridized carbons (Fsp3) is 0.632. The maximum Gasteiger partial charge on any atom is 0.308 e. The number of esters is 1. The summed E-state index contributed by atoms with van der Waals surface area (Å²) >= 11 is 0. The van der Waals surface area contributed by atoms with Crippen LogP contribution in [0.1, 0.15) is 39.2 Å². The van der Waals surface area contributed by atoms with E-state index >= 15 is 0 Å². The summed E-state index contributed by atoms with van der Waals surface area (Å²) in [6.45, 7) is 8.34. The number of carbonyl (C=O) groups is 1. The molecular formula is C19H28O6S. The molecule has 6 nitrogen and oxygen atoms in total. The second kappa shape index (κ2) is 8.50. The van der Waals surface area contributed by atoms with Crippen LogP contribution in [0.3, 0.4) is 0 Å². The second-order valence-corrected chi connectivity index (χ2v) is 9.33. The van der Waals surface area contributed by atoms with Gasteiger partial charge in [-0.25, -0.2) is 0 Å². The zero-order valence-corrected chi connectivity index (χ0v) is 16.7. The van der Waals surface area contributed by atoms with Gasteiger partial charge in [-0.3, -0.25) is 8.98 Å². The molecule has 0 unspecified atom stereocenters. The summed E-state index contributed by atoms with van der Waals surface area (Å²) < 4.78 is 40.1. The van der Waals surface area contributed by atoms with Gasteiger partial charge in [0.1, 0.15) is 5.60 Å². The minimum absolute atomic E-state index is 0.163. The zero-order valence-electron chi connectivity index (χ0n) is 15.9.